The molecule has 0 aliphatic carbocycles. The monoisotopic (exact) mass is 282 g/mol. The van der Waals surface area contributed by atoms with Crippen molar-refractivity contribution in [2.45, 2.75) is 27.2 Å². The van der Waals surface area contributed by atoms with Crippen molar-refractivity contribution in [3.05, 3.63) is 23.8 Å². The number of nitrogen functional groups attached to an aromatic ring is 1. The van der Waals surface area contributed by atoms with Gasteiger partial charge >= 0.3 is 0 Å². The highest BCUT2D eigenvalue weighted by atomic mass is 32.2. The van der Waals surface area contributed by atoms with E-state index in [-0.39, 0.29) is 12.3 Å². The fraction of sp³-hybridized carbons (Fsp3) is 0.500. The maximum atomic E-state index is 11.8. The van der Waals surface area contributed by atoms with Gasteiger partial charge in [0.2, 0.25) is 5.91 Å². The van der Waals surface area contributed by atoms with Crippen LogP contribution in [0.4, 0.5) is 11.4 Å². The van der Waals surface area contributed by atoms with E-state index in [4.69, 9.17) is 5.73 Å². The third-order valence-corrected chi connectivity index (χ3v) is 4.30. The van der Waals surface area contributed by atoms with E-state index in [9.17, 15) is 9.00 Å². The SMILES string of the molecule is Cc1cc(N)ccc1NC(=O)CCS(=O)CC(C)C. The van der Waals surface area contributed by atoms with Gasteiger partial charge in [-0.2, -0.15) is 0 Å². The van der Waals surface area contributed by atoms with Crippen molar-refractivity contribution in [1.29, 1.82) is 0 Å². The minimum absolute atomic E-state index is 0.107. The Balaban J connectivity index is 2.45. The van der Waals surface area contributed by atoms with Crippen LogP contribution in [0.1, 0.15) is 25.8 Å². The first kappa shape index (κ1) is 15.7. The Labute approximate surface area is 117 Å². The maximum Gasteiger partial charge on any atom is 0.225 e. The second-order valence-corrected chi connectivity index (χ2v) is 6.70. The molecule has 4 nitrogen and oxygen atoms in total. The van der Waals surface area contributed by atoms with E-state index in [1.54, 1.807) is 12.1 Å². The van der Waals surface area contributed by atoms with E-state index in [2.05, 4.69) is 5.32 Å². The topological polar surface area (TPSA) is 72.2 Å². The van der Waals surface area contributed by atoms with E-state index < -0.39 is 10.8 Å². The second-order valence-electron chi connectivity index (χ2n) is 5.08. The van der Waals surface area contributed by atoms with Gasteiger partial charge < -0.3 is 11.1 Å². The van der Waals surface area contributed by atoms with Crippen LogP contribution in [0.3, 0.4) is 0 Å². The minimum Gasteiger partial charge on any atom is -0.399 e. The van der Waals surface area contributed by atoms with Crippen LogP contribution in [0.5, 0.6) is 0 Å². The van der Waals surface area contributed by atoms with Crippen LogP contribution >= 0.6 is 0 Å². The highest BCUT2D eigenvalue weighted by Gasteiger charge is 2.09. The van der Waals surface area contributed by atoms with Crippen LogP contribution in [0.2, 0.25) is 0 Å². The Morgan fingerprint density at radius 2 is 2.11 bits per heavy atom. The van der Waals surface area contributed by atoms with Crippen molar-refractivity contribution in [2.75, 3.05) is 22.6 Å². The van der Waals surface area contributed by atoms with Crippen molar-refractivity contribution < 1.29 is 9.00 Å². The zero-order valence-corrected chi connectivity index (χ0v) is 12.5. The lowest BCUT2D eigenvalue weighted by Gasteiger charge is -2.09. The van der Waals surface area contributed by atoms with Crippen molar-refractivity contribution in [3.63, 3.8) is 0 Å². The first-order valence-electron chi connectivity index (χ1n) is 6.39. The Morgan fingerprint density at radius 1 is 1.42 bits per heavy atom. The molecule has 0 fully saturated rings. The average Bonchev–Trinajstić information content (AvgIpc) is 2.29. The molecule has 0 bridgehead atoms. The summed E-state index contributed by atoms with van der Waals surface area (Å²) in [6, 6.07) is 5.35. The van der Waals surface area contributed by atoms with Gasteiger partial charge in [-0.05, 0) is 36.6 Å². The summed E-state index contributed by atoms with van der Waals surface area (Å²) in [6.07, 6.45) is 0.281. The van der Waals surface area contributed by atoms with Gasteiger partial charge in [-0.1, -0.05) is 13.8 Å². The molecule has 0 aliphatic rings. The van der Waals surface area contributed by atoms with Crippen LogP contribution in [-0.2, 0) is 15.6 Å². The maximum absolute atomic E-state index is 11.8. The summed E-state index contributed by atoms with van der Waals surface area (Å²) in [5.74, 6) is 1.35. The van der Waals surface area contributed by atoms with Crippen molar-refractivity contribution in [3.8, 4) is 0 Å². The van der Waals surface area contributed by atoms with Crippen molar-refractivity contribution in [2.24, 2.45) is 5.92 Å². The number of anilines is 2. The normalized spacial score (nSPS) is 12.4. The fourth-order valence-electron chi connectivity index (χ4n) is 1.70. The van der Waals surface area contributed by atoms with E-state index >= 15 is 0 Å². The van der Waals surface area contributed by atoms with Crippen molar-refractivity contribution in [1.82, 2.24) is 0 Å². The first-order valence-corrected chi connectivity index (χ1v) is 7.88. The molecule has 5 heteroatoms. The lowest BCUT2D eigenvalue weighted by atomic mass is 10.2. The molecule has 0 radical (unpaired) electrons. The van der Waals surface area contributed by atoms with Gasteiger partial charge in [-0.25, -0.2) is 0 Å². The Morgan fingerprint density at radius 3 is 2.68 bits per heavy atom. The molecule has 1 atom stereocenters. The van der Waals surface area contributed by atoms with E-state index in [0.29, 0.717) is 23.1 Å². The molecule has 0 saturated heterocycles. The molecule has 1 aromatic rings. The Hall–Kier alpha value is -1.36. The molecule has 0 saturated carbocycles. The molecular weight excluding hydrogens is 260 g/mol. The Kier molecular flexibility index (Phi) is 6.02. The number of nitrogens with two attached hydrogens (primary N) is 1. The lowest BCUT2D eigenvalue weighted by molar-refractivity contribution is -0.115. The van der Waals surface area contributed by atoms with Gasteiger partial charge in [0.25, 0.3) is 0 Å². The number of carbonyl (C=O) groups is 1. The smallest absolute Gasteiger partial charge is 0.225 e. The molecule has 19 heavy (non-hydrogen) atoms. The summed E-state index contributed by atoms with van der Waals surface area (Å²) in [6.45, 7) is 5.94. The van der Waals surface area contributed by atoms with Gasteiger partial charge in [0.05, 0.1) is 0 Å². The standard InChI is InChI=1S/C14H22N2O2S/c1-10(2)9-19(18)7-6-14(17)16-13-5-4-12(15)8-11(13)3/h4-5,8,10H,6-7,9,15H2,1-3H3,(H,16,17). The summed E-state index contributed by atoms with van der Waals surface area (Å²) < 4.78 is 11.6. The van der Waals surface area contributed by atoms with Crippen LogP contribution in [-0.4, -0.2) is 21.6 Å². The number of aryl methyl sites for hydroxylation is 1. The number of hydrogen-bond donors (Lipinski definition) is 2. The largest absolute Gasteiger partial charge is 0.399 e. The predicted octanol–water partition coefficient (Wildman–Crippen LogP) is 2.31. The number of amides is 1. The molecule has 0 aromatic heterocycles. The fourth-order valence-corrected chi connectivity index (χ4v) is 3.02. The first-order chi connectivity index (χ1) is 8.88. The molecule has 0 heterocycles. The van der Waals surface area contributed by atoms with Gasteiger partial charge in [0.1, 0.15) is 0 Å². The Bertz CT molecular complexity index is 473. The number of benzene rings is 1. The number of nitrogens with one attached hydrogen (secondary N) is 1. The summed E-state index contributed by atoms with van der Waals surface area (Å²) in [5.41, 5.74) is 8.01. The zero-order chi connectivity index (χ0) is 14.4. The highest BCUT2D eigenvalue weighted by Crippen LogP contribution is 2.17. The minimum atomic E-state index is -0.919. The molecule has 1 amide bonds. The summed E-state index contributed by atoms with van der Waals surface area (Å²) in [4.78, 5) is 11.8. The van der Waals surface area contributed by atoms with Crippen LogP contribution in [0.15, 0.2) is 18.2 Å². The summed E-state index contributed by atoms with van der Waals surface area (Å²) >= 11 is 0. The summed E-state index contributed by atoms with van der Waals surface area (Å²) in [5, 5.41) is 2.82. The van der Waals surface area contributed by atoms with Crippen LogP contribution < -0.4 is 11.1 Å². The van der Waals surface area contributed by atoms with E-state index in [1.165, 1.54) is 0 Å². The molecule has 1 rings (SSSR count). The molecule has 1 unspecified atom stereocenters. The molecule has 0 spiro atoms. The van der Waals surface area contributed by atoms with Gasteiger partial charge in [0, 0.05) is 40.1 Å². The predicted molar refractivity (Wildman–Crippen MR) is 81.6 cm³/mol. The molecule has 3 N–H and O–H groups in total. The second kappa shape index (κ2) is 7.28. The lowest BCUT2D eigenvalue weighted by Crippen LogP contribution is -2.17. The number of hydrogen-bond acceptors (Lipinski definition) is 3. The van der Waals surface area contributed by atoms with Crippen LogP contribution in [0, 0.1) is 12.8 Å². The average molecular weight is 282 g/mol. The van der Waals surface area contributed by atoms with Crippen molar-refractivity contribution >= 4 is 28.1 Å². The zero-order valence-electron chi connectivity index (χ0n) is 11.7. The third kappa shape index (κ3) is 5.87. The van der Waals surface area contributed by atoms with Gasteiger partial charge in [0.15, 0.2) is 0 Å². The third-order valence-electron chi connectivity index (χ3n) is 2.60. The van der Waals surface area contributed by atoms with E-state index in [0.717, 1.165) is 11.3 Å². The van der Waals surface area contributed by atoms with Gasteiger partial charge in [-0.15, -0.1) is 0 Å². The molecule has 0 aliphatic heterocycles. The molecule has 106 valence electrons. The molecular formula is C14H22N2O2S. The number of rotatable bonds is 6. The summed E-state index contributed by atoms with van der Waals surface area (Å²) in [7, 11) is -0.919. The quantitative estimate of drug-likeness (QED) is 0.786. The van der Waals surface area contributed by atoms with Crippen LogP contribution in [0.25, 0.3) is 0 Å². The van der Waals surface area contributed by atoms with E-state index in [1.807, 2.05) is 26.8 Å². The van der Waals surface area contributed by atoms with Gasteiger partial charge in [-0.3, -0.25) is 9.00 Å². The molecule has 1 aromatic carbocycles. The number of carbonyl (C=O) groups excluding carboxylic acids is 1. The highest BCUT2D eigenvalue weighted by molar-refractivity contribution is 7.85.